The maximum Gasteiger partial charge on any atom is -0.00466 e. The largest absolute Gasteiger partial charge is 0.320 e. The summed E-state index contributed by atoms with van der Waals surface area (Å²) in [5, 5.41) is 3.42. The van der Waals surface area contributed by atoms with Crippen LogP contribution < -0.4 is 5.32 Å². The van der Waals surface area contributed by atoms with Crippen LogP contribution in [0.5, 0.6) is 0 Å². The molecule has 0 amide bonds. The Kier molecular flexibility index (Phi) is 2.99. The fourth-order valence-corrected chi connectivity index (χ4v) is 7.22. The number of nitrogens with one attached hydrogen (secondary N) is 1. The van der Waals surface area contributed by atoms with Crippen LogP contribution in [0.25, 0.3) is 0 Å². The Labute approximate surface area is 118 Å². The highest BCUT2D eigenvalue weighted by atomic mass is 14.8. The van der Waals surface area contributed by atoms with Gasteiger partial charge in [0.1, 0.15) is 0 Å². The van der Waals surface area contributed by atoms with Crippen molar-refractivity contribution in [1.82, 2.24) is 5.32 Å². The van der Waals surface area contributed by atoms with Crippen molar-refractivity contribution >= 4 is 0 Å². The van der Waals surface area contributed by atoms with Crippen LogP contribution in [0, 0.1) is 28.6 Å². The predicted octanol–water partition coefficient (Wildman–Crippen LogP) is 4.37. The Morgan fingerprint density at radius 2 is 1.68 bits per heavy atom. The van der Waals surface area contributed by atoms with Crippen LogP contribution in [-0.2, 0) is 0 Å². The maximum absolute atomic E-state index is 3.42. The molecular formula is C18H31N. The molecule has 5 fully saturated rings. The van der Waals surface area contributed by atoms with Crippen molar-refractivity contribution in [1.29, 1.82) is 0 Å². The zero-order chi connectivity index (χ0) is 12.9. The normalized spacial score (nSPS) is 49.1. The first-order valence-electron chi connectivity index (χ1n) is 8.88. The first-order valence-corrected chi connectivity index (χ1v) is 8.88. The van der Waals surface area contributed by atoms with E-state index in [1.54, 1.807) is 51.4 Å². The summed E-state index contributed by atoms with van der Waals surface area (Å²) in [5.74, 6) is 3.34. The van der Waals surface area contributed by atoms with Crippen LogP contribution in [0.15, 0.2) is 0 Å². The molecule has 1 N–H and O–H groups in total. The van der Waals surface area contributed by atoms with Crippen molar-refractivity contribution in [3.8, 4) is 0 Å². The molecule has 0 aromatic rings. The van der Waals surface area contributed by atoms with Crippen molar-refractivity contribution in [2.24, 2.45) is 28.6 Å². The van der Waals surface area contributed by atoms with Gasteiger partial charge in [0, 0.05) is 0 Å². The van der Waals surface area contributed by atoms with Gasteiger partial charge < -0.3 is 5.32 Å². The standard InChI is InChI=1S/C18H31N/c1-19-7-6-17-9-14-8-15(10-17)12-18(11-14,13-17)16-4-2-3-5-16/h14-16,19H,2-13H2,1H3. The first-order chi connectivity index (χ1) is 9.24. The fraction of sp³-hybridized carbons (Fsp3) is 1.00. The molecule has 0 aromatic carbocycles. The lowest BCUT2D eigenvalue weighted by Crippen LogP contribution is -2.54. The van der Waals surface area contributed by atoms with Gasteiger partial charge in [-0.3, -0.25) is 0 Å². The Morgan fingerprint density at radius 3 is 2.32 bits per heavy atom. The van der Waals surface area contributed by atoms with Gasteiger partial charge in [0.2, 0.25) is 0 Å². The molecule has 108 valence electrons. The van der Waals surface area contributed by atoms with E-state index >= 15 is 0 Å². The maximum atomic E-state index is 3.42. The van der Waals surface area contributed by atoms with E-state index in [0.717, 1.165) is 28.6 Å². The summed E-state index contributed by atoms with van der Waals surface area (Å²) in [7, 11) is 2.13. The average Bonchev–Trinajstić information content (AvgIpc) is 2.89. The lowest BCUT2D eigenvalue weighted by Gasteiger charge is -2.64. The van der Waals surface area contributed by atoms with Crippen LogP contribution in [0.3, 0.4) is 0 Å². The van der Waals surface area contributed by atoms with Gasteiger partial charge in [-0.2, -0.15) is 0 Å². The smallest absolute Gasteiger partial charge is 0.00466 e. The topological polar surface area (TPSA) is 12.0 Å². The molecule has 0 spiro atoms. The lowest BCUT2D eigenvalue weighted by atomic mass is 9.41. The molecule has 5 rings (SSSR count). The van der Waals surface area contributed by atoms with E-state index in [4.69, 9.17) is 0 Å². The highest BCUT2D eigenvalue weighted by Gasteiger charge is 2.59. The zero-order valence-corrected chi connectivity index (χ0v) is 12.7. The van der Waals surface area contributed by atoms with E-state index in [2.05, 4.69) is 12.4 Å². The van der Waals surface area contributed by atoms with E-state index in [-0.39, 0.29) is 0 Å². The first kappa shape index (κ1) is 12.7. The third kappa shape index (κ3) is 1.99. The minimum Gasteiger partial charge on any atom is -0.320 e. The van der Waals surface area contributed by atoms with Crippen molar-refractivity contribution < 1.29 is 0 Å². The molecule has 5 aliphatic carbocycles. The second-order valence-corrected chi connectivity index (χ2v) is 8.66. The van der Waals surface area contributed by atoms with Gasteiger partial charge in [0.05, 0.1) is 0 Å². The second kappa shape index (κ2) is 4.48. The van der Waals surface area contributed by atoms with E-state index in [1.807, 2.05) is 0 Å². The van der Waals surface area contributed by atoms with Gasteiger partial charge in [-0.05, 0) is 100.0 Å². The SMILES string of the molecule is CNCCC12CC3CC(C1)CC(C1CCCC1)(C3)C2. The summed E-state index contributed by atoms with van der Waals surface area (Å²) in [6, 6.07) is 0. The summed E-state index contributed by atoms with van der Waals surface area (Å²) in [5.41, 5.74) is 1.57. The molecule has 0 heterocycles. The molecule has 1 nitrogen and oxygen atoms in total. The van der Waals surface area contributed by atoms with Crippen LogP contribution in [-0.4, -0.2) is 13.6 Å². The molecular weight excluding hydrogens is 230 g/mol. The number of hydrogen-bond donors (Lipinski definition) is 1. The van der Waals surface area contributed by atoms with Gasteiger partial charge >= 0.3 is 0 Å². The minimum absolute atomic E-state index is 0.760. The average molecular weight is 261 g/mol. The molecule has 0 aliphatic heterocycles. The summed E-state index contributed by atoms with van der Waals surface area (Å²) in [6.07, 6.45) is 17.3. The summed E-state index contributed by atoms with van der Waals surface area (Å²) >= 11 is 0. The molecule has 19 heavy (non-hydrogen) atoms. The van der Waals surface area contributed by atoms with Gasteiger partial charge in [-0.1, -0.05) is 12.8 Å². The van der Waals surface area contributed by atoms with Crippen molar-refractivity contribution in [2.75, 3.05) is 13.6 Å². The lowest BCUT2D eigenvalue weighted by molar-refractivity contribution is -0.138. The van der Waals surface area contributed by atoms with Crippen molar-refractivity contribution in [3.05, 3.63) is 0 Å². The Bertz CT molecular complexity index is 328. The second-order valence-electron chi connectivity index (χ2n) is 8.66. The molecule has 5 aliphatic rings. The van der Waals surface area contributed by atoms with Gasteiger partial charge in [-0.25, -0.2) is 0 Å². The minimum atomic E-state index is 0.760. The molecule has 0 radical (unpaired) electrons. The van der Waals surface area contributed by atoms with Crippen LogP contribution in [0.4, 0.5) is 0 Å². The van der Waals surface area contributed by atoms with Crippen LogP contribution in [0.1, 0.15) is 70.6 Å². The third-order valence-electron chi connectivity index (χ3n) is 7.35. The van der Waals surface area contributed by atoms with Crippen LogP contribution >= 0.6 is 0 Å². The number of hydrogen-bond acceptors (Lipinski definition) is 1. The molecule has 4 bridgehead atoms. The molecule has 0 saturated heterocycles. The monoisotopic (exact) mass is 261 g/mol. The van der Waals surface area contributed by atoms with Gasteiger partial charge in [-0.15, -0.1) is 0 Å². The third-order valence-corrected chi connectivity index (χ3v) is 7.35. The van der Waals surface area contributed by atoms with Gasteiger partial charge in [0.15, 0.2) is 0 Å². The molecule has 5 saturated carbocycles. The zero-order valence-electron chi connectivity index (χ0n) is 12.7. The van der Waals surface area contributed by atoms with E-state index < -0.39 is 0 Å². The molecule has 0 aromatic heterocycles. The fourth-order valence-electron chi connectivity index (χ4n) is 7.22. The highest BCUT2D eigenvalue weighted by molar-refractivity contribution is 5.09. The summed E-state index contributed by atoms with van der Waals surface area (Å²) < 4.78 is 0. The summed E-state index contributed by atoms with van der Waals surface area (Å²) in [4.78, 5) is 0. The summed E-state index contributed by atoms with van der Waals surface area (Å²) in [6.45, 7) is 1.25. The Hall–Kier alpha value is -0.0400. The van der Waals surface area contributed by atoms with Crippen molar-refractivity contribution in [3.63, 3.8) is 0 Å². The van der Waals surface area contributed by atoms with Crippen molar-refractivity contribution in [2.45, 2.75) is 70.6 Å². The predicted molar refractivity (Wildman–Crippen MR) is 80.0 cm³/mol. The Balaban J connectivity index is 1.60. The highest BCUT2D eigenvalue weighted by Crippen LogP contribution is 2.69. The van der Waals surface area contributed by atoms with Crippen LogP contribution in [0.2, 0.25) is 0 Å². The molecule has 2 unspecified atom stereocenters. The number of rotatable bonds is 4. The molecule has 1 heteroatoms. The van der Waals surface area contributed by atoms with E-state index in [0.29, 0.717) is 0 Å². The van der Waals surface area contributed by atoms with Gasteiger partial charge in [0.25, 0.3) is 0 Å². The molecule has 2 atom stereocenters. The van der Waals surface area contributed by atoms with E-state index in [9.17, 15) is 0 Å². The quantitative estimate of drug-likeness (QED) is 0.792. The Morgan fingerprint density at radius 1 is 1.00 bits per heavy atom. The van der Waals surface area contributed by atoms with E-state index in [1.165, 1.54) is 25.8 Å².